The van der Waals surface area contributed by atoms with Crippen molar-refractivity contribution in [3.63, 3.8) is 0 Å². The van der Waals surface area contributed by atoms with Crippen LogP contribution in [0.4, 0.5) is 0 Å². The Bertz CT molecular complexity index is 8560. The van der Waals surface area contributed by atoms with Gasteiger partial charge in [0, 0.05) is 32.7 Å². The van der Waals surface area contributed by atoms with Crippen molar-refractivity contribution in [2.75, 3.05) is 0 Å². The van der Waals surface area contributed by atoms with Crippen LogP contribution >= 0.6 is 0 Å². The van der Waals surface area contributed by atoms with Gasteiger partial charge >= 0.3 is 0 Å². The number of benzene rings is 20. The molecule has 22 rings (SSSR count). The van der Waals surface area contributed by atoms with Crippen molar-refractivity contribution in [2.45, 2.75) is 0 Å². The van der Waals surface area contributed by atoms with Crippen LogP contribution in [0.2, 0.25) is 0 Å². The lowest BCUT2D eigenvalue weighted by atomic mass is 9.83. The molecule has 20 aromatic carbocycles. The SMILES string of the molecule is [2H]c1c([2H])c([2H])c2c(-c3c4c([2H])c([2H])c([2H])c([2H])c4c(-c4ccc(-c5cccc6c5oc5ccc7ccccc7c56)c5ccccc45)c4c([2H])c([2H])c([2H])c([2H])c34)c([2H])c([2H])c([2H])c2c1[2H].[2H]c1c([2H])c([2H])c2c(-c3ccc(-c4cccc5c4oc4ccc6ccccc6c45)c4ccccc34)c3c([2H])c([2H])c([2H])c([2H])c3c(-c3ccc4ccccc4c3)c2c1[2H]. The fourth-order valence-corrected chi connectivity index (χ4v) is 15.7. The van der Waals surface area contributed by atoms with Gasteiger partial charge in [-0.1, -0.05) is 345 Å². The molecule has 0 unspecified atom stereocenters. The molecular formula is C100H60O2. The molecule has 2 nitrogen and oxygen atoms in total. The number of hydrogen-bond donors (Lipinski definition) is 0. The predicted molar refractivity (Wildman–Crippen MR) is 435 cm³/mol. The molecule has 0 aliphatic heterocycles. The molecule has 0 N–H and O–H groups in total. The molecule has 0 saturated heterocycles. The Morgan fingerprint density at radius 2 is 0.529 bits per heavy atom. The minimum atomic E-state index is -0.760. The maximum absolute atomic E-state index is 9.56. The first-order chi connectivity index (χ1) is 60.2. The van der Waals surface area contributed by atoms with Gasteiger partial charge in [-0.05, 0) is 182 Å². The summed E-state index contributed by atoms with van der Waals surface area (Å²) in [5.74, 6) is 0. The average Bonchev–Trinajstić information content (AvgIpc) is 1.69. The van der Waals surface area contributed by atoms with Crippen molar-refractivity contribution in [2.24, 2.45) is 0 Å². The van der Waals surface area contributed by atoms with E-state index >= 15 is 0 Å². The summed E-state index contributed by atoms with van der Waals surface area (Å²) in [6, 6.07) is 59.3. The Morgan fingerprint density at radius 3 is 1.00 bits per heavy atom. The van der Waals surface area contributed by atoms with E-state index in [1.807, 2.05) is 182 Å². The summed E-state index contributed by atoms with van der Waals surface area (Å²) in [5, 5.41) is 11.7. The molecule has 0 atom stereocenters. The average molecular weight is 1320 g/mol. The molecule has 0 spiro atoms. The minimum Gasteiger partial charge on any atom is -0.455 e. The molecule has 0 bridgehead atoms. The van der Waals surface area contributed by atoms with E-state index in [-0.39, 0.29) is 78.4 Å². The highest BCUT2D eigenvalue weighted by molar-refractivity contribution is 6.29. The van der Waals surface area contributed by atoms with Crippen LogP contribution in [0.3, 0.4) is 0 Å². The fourth-order valence-electron chi connectivity index (χ4n) is 15.7. The van der Waals surface area contributed by atoms with Gasteiger partial charge in [0.05, 0.1) is 31.5 Å². The van der Waals surface area contributed by atoms with Gasteiger partial charge in [0.2, 0.25) is 0 Å². The molecule has 0 aliphatic carbocycles. The molecule has 0 radical (unpaired) electrons. The Morgan fingerprint density at radius 1 is 0.186 bits per heavy atom. The van der Waals surface area contributed by atoms with Gasteiger partial charge in [-0.2, -0.15) is 0 Å². The zero-order valence-corrected chi connectivity index (χ0v) is 53.7. The van der Waals surface area contributed by atoms with Gasteiger partial charge in [-0.25, -0.2) is 0 Å². The fraction of sp³-hybridized carbons (Fsp3) is 0. The summed E-state index contributed by atoms with van der Waals surface area (Å²) in [7, 11) is 0. The van der Waals surface area contributed by atoms with Gasteiger partial charge in [-0.3, -0.25) is 0 Å². The normalized spacial score (nSPS) is 15.1. The third kappa shape index (κ3) is 8.86. The summed E-state index contributed by atoms with van der Waals surface area (Å²) in [4.78, 5) is 0. The molecule has 472 valence electrons. The van der Waals surface area contributed by atoms with E-state index in [1.165, 1.54) is 0 Å². The number of furan rings is 2. The lowest BCUT2D eigenvalue weighted by Crippen LogP contribution is -1.93. The van der Waals surface area contributed by atoms with E-state index in [1.54, 1.807) is 12.1 Å². The summed E-state index contributed by atoms with van der Waals surface area (Å²) < 4.78 is 223. The van der Waals surface area contributed by atoms with E-state index in [2.05, 4.69) is 30.3 Å². The van der Waals surface area contributed by atoms with Gasteiger partial charge in [-0.15, -0.1) is 0 Å². The molecule has 2 aromatic heterocycles. The summed E-state index contributed by atoms with van der Waals surface area (Å²) in [6.45, 7) is 0. The molecule has 2 heteroatoms. The zero-order valence-electron chi connectivity index (χ0n) is 76.7. The Kier molecular flexibility index (Phi) is 8.90. The van der Waals surface area contributed by atoms with Crippen molar-refractivity contribution in [3.05, 3.63) is 363 Å². The summed E-state index contributed by atoms with van der Waals surface area (Å²) in [6.07, 6.45) is 0. The van der Waals surface area contributed by atoms with Crippen LogP contribution in [0.5, 0.6) is 0 Å². The van der Waals surface area contributed by atoms with Gasteiger partial charge in [0.25, 0.3) is 0 Å². The second-order valence-electron chi connectivity index (χ2n) is 25.4. The van der Waals surface area contributed by atoms with E-state index < -0.39 is 131 Å². The van der Waals surface area contributed by atoms with Crippen LogP contribution in [-0.2, 0) is 0 Å². The predicted octanol–water partition coefficient (Wildman–Crippen LogP) is 28.7. The van der Waals surface area contributed by atoms with Gasteiger partial charge < -0.3 is 8.83 Å². The van der Waals surface area contributed by atoms with Crippen molar-refractivity contribution < 1.29 is 40.4 Å². The lowest BCUT2D eigenvalue weighted by molar-refractivity contribution is 0.670. The van der Waals surface area contributed by atoms with Crippen LogP contribution in [0.1, 0.15) is 31.5 Å². The molecule has 22 aromatic rings. The highest BCUT2D eigenvalue weighted by Gasteiger charge is 2.25. The summed E-state index contributed by atoms with van der Waals surface area (Å²) >= 11 is 0. The molecule has 0 saturated carbocycles. The Balaban J connectivity index is 0.000000154. The van der Waals surface area contributed by atoms with Crippen molar-refractivity contribution in [1.29, 1.82) is 0 Å². The molecule has 102 heavy (non-hydrogen) atoms. The van der Waals surface area contributed by atoms with Crippen molar-refractivity contribution in [3.8, 4) is 66.8 Å². The standard InChI is InChI=1S/2C50H30O/c1-3-16-33-31(13-1)15-11-24-38(33)47-39-20-7-9-22-41(39)48(42-23-10-8-21-40(42)47)43-29-28-37(35-18-5-6-19-36(35)43)44-25-12-26-45-49-34-17-4-2-14-32(34)27-30-46(49)51-50(44)45;1-2-14-33-30-34(25-24-31(33)12-1)47-39-18-7-9-20-41(39)48(42-21-10-8-19-40(42)47)43-28-27-38(36-16-5-6-17-37(36)43)44-22-11-23-45-49-35-15-4-3-13-32(35)26-29-46(49)51-50(44)45/h2*1-30H/i1D,3D,7D,8D,9D,10D,11D,13D,15D,16D,20D,21D,22D,23D,24D;7D,8D,9D,10D,18D,19D,20D,21D. The minimum absolute atomic E-state index is 0.0277. The smallest absolute Gasteiger partial charge is 0.143 e. The third-order valence-electron chi connectivity index (χ3n) is 20.1. The highest BCUT2D eigenvalue weighted by atomic mass is 16.3. The number of hydrogen-bond acceptors (Lipinski definition) is 2. The number of para-hydroxylation sites is 2. The largest absolute Gasteiger partial charge is 0.455 e. The van der Waals surface area contributed by atoms with Crippen LogP contribution in [0.15, 0.2) is 372 Å². The van der Waals surface area contributed by atoms with Crippen LogP contribution in [0, 0.1) is 0 Å². The zero-order chi connectivity index (χ0) is 87.0. The van der Waals surface area contributed by atoms with E-state index in [0.717, 1.165) is 98.1 Å². The Labute approximate surface area is 619 Å². The van der Waals surface area contributed by atoms with E-state index in [0.29, 0.717) is 49.8 Å². The monoisotopic (exact) mass is 1320 g/mol. The lowest BCUT2D eigenvalue weighted by Gasteiger charge is -2.20. The quantitative estimate of drug-likeness (QED) is 0.155. The topological polar surface area (TPSA) is 26.3 Å². The molecule has 0 aliphatic rings. The molecule has 0 amide bonds. The maximum atomic E-state index is 9.56. The second-order valence-corrected chi connectivity index (χ2v) is 25.4. The first kappa shape index (κ1) is 39.3. The van der Waals surface area contributed by atoms with Gasteiger partial charge in [0.15, 0.2) is 0 Å². The van der Waals surface area contributed by atoms with Crippen LogP contribution in [0.25, 0.3) is 218 Å². The van der Waals surface area contributed by atoms with E-state index in [9.17, 15) is 12.3 Å². The first-order valence-corrected chi connectivity index (χ1v) is 33.3. The molecule has 2 heterocycles. The van der Waals surface area contributed by atoms with E-state index in [4.69, 9.17) is 28.0 Å². The van der Waals surface area contributed by atoms with Gasteiger partial charge in [0.1, 0.15) is 22.3 Å². The summed E-state index contributed by atoms with van der Waals surface area (Å²) in [5.41, 5.74) is 7.45. The van der Waals surface area contributed by atoms with Crippen molar-refractivity contribution in [1.82, 2.24) is 0 Å². The molecule has 0 fully saturated rings. The van der Waals surface area contributed by atoms with Crippen LogP contribution < -0.4 is 0 Å². The highest BCUT2D eigenvalue weighted by Crippen LogP contribution is 2.52. The maximum Gasteiger partial charge on any atom is 0.143 e. The third-order valence-corrected chi connectivity index (χ3v) is 20.1. The molecular weight excluding hydrogens is 1230 g/mol. The van der Waals surface area contributed by atoms with Crippen LogP contribution in [-0.4, -0.2) is 0 Å². The second kappa shape index (κ2) is 23.1. The number of fused-ring (bicyclic) bond motifs is 18. The number of rotatable bonds is 6. The Hall–Kier alpha value is -13.4. The van der Waals surface area contributed by atoms with Crippen molar-refractivity contribution >= 4 is 152 Å². The first-order valence-electron chi connectivity index (χ1n) is 44.8.